The standard InChI is InChI=1S/C18H16N2O2/c1-12(21)20-18(13-7-3-2-4-8-13)15-11-22-16-10-6-5-9-14(16)17(15)19-20/h2-10,15,18H,11H2,1H3. The van der Waals surface area contributed by atoms with Gasteiger partial charge in [-0.15, -0.1) is 0 Å². The van der Waals surface area contributed by atoms with Crippen LogP contribution in [0.25, 0.3) is 0 Å². The number of fused-ring (bicyclic) bond motifs is 3. The fourth-order valence-electron chi connectivity index (χ4n) is 3.27. The number of ether oxygens (including phenoxy) is 1. The number of nitrogens with zero attached hydrogens (tertiary/aromatic N) is 2. The lowest BCUT2D eigenvalue weighted by Gasteiger charge is -2.29. The Morgan fingerprint density at radius 2 is 1.86 bits per heavy atom. The van der Waals surface area contributed by atoms with Gasteiger partial charge in [0, 0.05) is 12.5 Å². The zero-order valence-corrected chi connectivity index (χ0v) is 12.3. The third-order valence-corrected chi connectivity index (χ3v) is 4.26. The summed E-state index contributed by atoms with van der Waals surface area (Å²) in [5, 5.41) is 6.23. The van der Waals surface area contributed by atoms with Gasteiger partial charge in [-0.2, -0.15) is 5.10 Å². The lowest BCUT2D eigenvalue weighted by Crippen LogP contribution is -2.34. The number of carbonyl (C=O) groups is 1. The smallest absolute Gasteiger partial charge is 0.240 e. The predicted octanol–water partition coefficient (Wildman–Crippen LogP) is 3.00. The number of amides is 1. The minimum Gasteiger partial charge on any atom is -0.492 e. The van der Waals surface area contributed by atoms with Crippen LogP contribution < -0.4 is 4.74 Å². The Bertz CT molecular complexity index is 755. The molecule has 2 aliphatic heterocycles. The number of rotatable bonds is 1. The molecule has 2 atom stereocenters. The Hall–Kier alpha value is -2.62. The summed E-state index contributed by atoms with van der Waals surface area (Å²) >= 11 is 0. The highest BCUT2D eigenvalue weighted by Crippen LogP contribution is 2.42. The van der Waals surface area contributed by atoms with Crippen LogP contribution in [0.15, 0.2) is 59.7 Å². The Kier molecular flexibility index (Phi) is 2.96. The average Bonchev–Trinajstić information content (AvgIpc) is 2.96. The molecule has 2 heterocycles. The number of hydrogen-bond acceptors (Lipinski definition) is 3. The second-order valence-electron chi connectivity index (χ2n) is 5.62. The lowest BCUT2D eigenvalue weighted by atomic mass is 9.86. The minimum atomic E-state index is -0.0953. The fourth-order valence-corrected chi connectivity index (χ4v) is 3.27. The third-order valence-electron chi connectivity index (χ3n) is 4.26. The summed E-state index contributed by atoms with van der Waals surface area (Å²) in [5.74, 6) is 0.865. The van der Waals surface area contributed by atoms with E-state index < -0.39 is 0 Å². The second-order valence-corrected chi connectivity index (χ2v) is 5.62. The van der Waals surface area contributed by atoms with Crippen molar-refractivity contribution < 1.29 is 9.53 Å². The molecule has 0 N–H and O–H groups in total. The highest BCUT2D eigenvalue weighted by Gasteiger charge is 2.43. The van der Waals surface area contributed by atoms with E-state index in [0.717, 1.165) is 22.6 Å². The van der Waals surface area contributed by atoms with E-state index in [9.17, 15) is 4.79 Å². The molecule has 4 heteroatoms. The van der Waals surface area contributed by atoms with E-state index in [1.54, 1.807) is 11.9 Å². The van der Waals surface area contributed by atoms with Gasteiger partial charge >= 0.3 is 0 Å². The van der Waals surface area contributed by atoms with Crippen LogP contribution in [0, 0.1) is 5.92 Å². The molecule has 0 saturated heterocycles. The van der Waals surface area contributed by atoms with Crippen molar-refractivity contribution in [2.24, 2.45) is 11.0 Å². The van der Waals surface area contributed by atoms with Gasteiger partial charge in [-0.05, 0) is 17.7 Å². The first-order chi connectivity index (χ1) is 10.8. The van der Waals surface area contributed by atoms with E-state index in [0.29, 0.717) is 6.61 Å². The van der Waals surface area contributed by atoms with Crippen molar-refractivity contribution in [1.82, 2.24) is 5.01 Å². The van der Waals surface area contributed by atoms with Crippen LogP contribution in [0.5, 0.6) is 5.75 Å². The van der Waals surface area contributed by atoms with E-state index >= 15 is 0 Å². The Balaban J connectivity index is 1.82. The van der Waals surface area contributed by atoms with Gasteiger partial charge in [0.25, 0.3) is 0 Å². The molecule has 0 spiro atoms. The van der Waals surface area contributed by atoms with Gasteiger partial charge < -0.3 is 4.74 Å². The predicted molar refractivity (Wildman–Crippen MR) is 83.7 cm³/mol. The van der Waals surface area contributed by atoms with Crippen molar-refractivity contribution in [3.63, 3.8) is 0 Å². The molecular formula is C18H16N2O2. The van der Waals surface area contributed by atoms with E-state index in [4.69, 9.17) is 4.74 Å². The highest BCUT2D eigenvalue weighted by atomic mass is 16.5. The fraction of sp³-hybridized carbons (Fsp3) is 0.222. The summed E-state index contributed by atoms with van der Waals surface area (Å²) in [5.41, 5.74) is 3.03. The second kappa shape index (κ2) is 4.98. The largest absolute Gasteiger partial charge is 0.492 e. The van der Waals surface area contributed by atoms with Gasteiger partial charge in [0.1, 0.15) is 5.75 Å². The van der Waals surface area contributed by atoms with Gasteiger partial charge in [0.2, 0.25) is 5.91 Å². The van der Waals surface area contributed by atoms with Gasteiger partial charge in [-0.3, -0.25) is 4.79 Å². The highest BCUT2D eigenvalue weighted by molar-refractivity contribution is 6.07. The molecule has 4 nitrogen and oxygen atoms in total. The first kappa shape index (κ1) is 13.1. The Labute approximate surface area is 129 Å². The van der Waals surface area contributed by atoms with E-state index in [-0.39, 0.29) is 17.9 Å². The van der Waals surface area contributed by atoms with Crippen molar-refractivity contribution >= 4 is 11.6 Å². The van der Waals surface area contributed by atoms with Crippen LogP contribution in [0.1, 0.15) is 24.1 Å². The maximum atomic E-state index is 12.1. The van der Waals surface area contributed by atoms with Crippen LogP contribution in [0.2, 0.25) is 0 Å². The van der Waals surface area contributed by atoms with Gasteiger partial charge in [0.05, 0.1) is 24.3 Å². The molecule has 0 aliphatic carbocycles. The average molecular weight is 292 g/mol. The lowest BCUT2D eigenvalue weighted by molar-refractivity contribution is -0.131. The summed E-state index contributed by atoms with van der Waals surface area (Å²) in [4.78, 5) is 12.1. The van der Waals surface area contributed by atoms with Crippen molar-refractivity contribution in [3.05, 3.63) is 65.7 Å². The van der Waals surface area contributed by atoms with E-state index in [1.165, 1.54) is 0 Å². The van der Waals surface area contributed by atoms with Crippen LogP contribution >= 0.6 is 0 Å². The van der Waals surface area contributed by atoms with Gasteiger partial charge in [0.15, 0.2) is 0 Å². The minimum absolute atomic E-state index is 0.0479. The van der Waals surface area contributed by atoms with Crippen LogP contribution in [-0.2, 0) is 4.79 Å². The molecule has 22 heavy (non-hydrogen) atoms. The number of para-hydroxylation sites is 1. The molecule has 0 bridgehead atoms. The summed E-state index contributed by atoms with van der Waals surface area (Å²) in [6.45, 7) is 2.10. The number of hydrogen-bond donors (Lipinski definition) is 0. The maximum absolute atomic E-state index is 12.1. The quantitative estimate of drug-likeness (QED) is 0.811. The summed E-state index contributed by atoms with van der Waals surface area (Å²) in [6, 6.07) is 17.8. The number of benzene rings is 2. The molecule has 0 radical (unpaired) electrons. The van der Waals surface area contributed by atoms with Crippen molar-refractivity contribution in [1.29, 1.82) is 0 Å². The Morgan fingerprint density at radius 1 is 1.14 bits per heavy atom. The number of hydrazone groups is 1. The van der Waals surface area contributed by atoms with E-state index in [2.05, 4.69) is 5.10 Å². The Morgan fingerprint density at radius 3 is 2.64 bits per heavy atom. The first-order valence-corrected chi connectivity index (χ1v) is 7.41. The molecule has 0 fully saturated rings. The molecule has 0 saturated carbocycles. The normalized spacial score (nSPS) is 22.4. The molecule has 2 aliphatic rings. The summed E-state index contributed by atoms with van der Waals surface area (Å²) in [6.07, 6.45) is 0. The molecule has 2 unspecified atom stereocenters. The molecule has 110 valence electrons. The van der Waals surface area contributed by atoms with Gasteiger partial charge in [-0.1, -0.05) is 42.5 Å². The zero-order valence-electron chi connectivity index (χ0n) is 12.3. The van der Waals surface area contributed by atoms with Crippen molar-refractivity contribution in [3.8, 4) is 5.75 Å². The number of carbonyl (C=O) groups excluding carboxylic acids is 1. The molecule has 2 aromatic rings. The molecule has 1 amide bonds. The van der Waals surface area contributed by atoms with Crippen LogP contribution in [0.3, 0.4) is 0 Å². The molecular weight excluding hydrogens is 276 g/mol. The SMILES string of the molecule is CC(=O)N1N=C2c3ccccc3OCC2C1c1ccccc1. The van der Waals surface area contributed by atoms with Crippen LogP contribution in [-0.4, -0.2) is 23.2 Å². The summed E-state index contributed by atoms with van der Waals surface area (Å²) in [7, 11) is 0. The molecule has 4 rings (SSSR count). The van der Waals surface area contributed by atoms with E-state index in [1.807, 2.05) is 54.6 Å². The maximum Gasteiger partial charge on any atom is 0.240 e. The first-order valence-electron chi connectivity index (χ1n) is 7.41. The zero-order chi connectivity index (χ0) is 15.1. The van der Waals surface area contributed by atoms with Gasteiger partial charge in [-0.25, -0.2) is 5.01 Å². The van der Waals surface area contributed by atoms with Crippen LogP contribution in [0.4, 0.5) is 0 Å². The topological polar surface area (TPSA) is 41.9 Å². The van der Waals surface area contributed by atoms with Crippen molar-refractivity contribution in [2.45, 2.75) is 13.0 Å². The molecule has 2 aromatic carbocycles. The van der Waals surface area contributed by atoms with Crippen molar-refractivity contribution in [2.75, 3.05) is 6.61 Å². The monoisotopic (exact) mass is 292 g/mol. The third kappa shape index (κ3) is 1.91. The molecule has 0 aromatic heterocycles. The summed E-state index contributed by atoms with van der Waals surface area (Å²) < 4.78 is 5.90.